The van der Waals surface area contributed by atoms with E-state index in [1.165, 1.54) is 10.5 Å². The number of sulfonamides is 1. The van der Waals surface area contributed by atoms with Gasteiger partial charge in [0.1, 0.15) is 10.9 Å². The van der Waals surface area contributed by atoms with Crippen LogP contribution in [0.25, 0.3) is 11.5 Å². The molecule has 0 bridgehead atoms. The van der Waals surface area contributed by atoms with E-state index in [1.807, 2.05) is 13.0 Å². The number of aryl methyl sites for hydroxylation is 1. The van der Waals surface area contributed by atoms with Crippen molar-refractivity contribution < 1.29 is 12.8 Å². The lowest BCUT2D eigenvalue weighted by Crippen LogP contribution is -2.38. The van der Waals surface area contributed by atoms with E-state index >= 15 is 0 Å². The van der Waals surface area contributed by atoms with E-state index in [9.17, 15) is 8.42 Å². The Morgan fingerprint density at radius 2 is 2.15 bits per heavy atom. The van der Waals surface area contributed by atoms with Crippen LogP contribution in [0.15, 0.2) is 46.2 Å². The molecule has 1 aliphatic heterocycles. The van der Waals surface area contributed by atoms with Crippen molar-refractivity contribution in [1.29, 1.82) is 0 Å². The van der Waals surface area contributed by atoms with Crippen molar-refractivity contribution >= 4 is 10.0 Å². The summed E-state index contributed by atoms with van der Waals surface area (Å²) >= 11 is 0. The molecule has 0 spiro atoms. The first-order valence-corrected chi connectivity index (χ1v) is 10.3. The Morgan fingerprint density at radius 1 is 1.26 bits per heavy atom. The largest absolute Gasteiger partial charge is 0.419 e. The smallest absolute Gasteiger partial charge is 0.249 e. The highest BCUT2D eigenvalue weighted by molar-refractivity contribution is 7.89. The summed E-state index contributed by atoms with van der Waals surface area (Å²) in [6, 6.07) is 3.12. The highest BCUT2D eigenvalue weighted by Gasteiger charge is 2.38. The molecule has 142 valence electrons. The van der Waals surface area contributed by atoms with Crippen LogP contribution in [0.5, 0.6) is 0 Å². The predicted octanol–water partition coefficient (Wildman–Crippen LogP) is 2.26. The number of aromatic nitrogens is 5. The number of nitrogens with zero attached hydrogens (tertiary/aromatic N) is 6. The average Bonchev–Trinajstić information content (AvgIpc) is 3.39. The van der Waals surface area contributed by atoms with E-state index < -0.39 is 16.1 Å². The second kappa shape index (κ2) is 7.20. The summed E-state index contributed by atoms with van der Waals surface area (Å²) in [5, 5.41) is 12.3. The van der Waals surface area contributed by atoms with Gasteiger partial charge in [-0.3, -0.25) is 9.67 Å². The van der Waals surface area contributed by atoms with Crippen molar-refractivity contribution in [3.8, 4) is 11.5 Å². The van der Waals surface area contributed by atoms with Crippen LogP contribution in [-0.4, -0.2) is 44.2 Å². The molecule has 0 aliphatic carbocycles. The van der Waals surface area contributed by atoms with Gasteiger partial charge >= 0.3 is 0 Å². The molecule has 9 nitrogen and oxygen atoms in total. The van der Waals surface area contributed by atoms with Gasteiger partial charge < -0.3 is 4.42 Å². The Balaban J connectivity index is 1.66. The molecule has 0 aromatic carbocycles. The SMILES string of the molecule is CCn1cc(S(=O)(=O)N2CCCC[C@H]2c2nnc(-c3cccnc3)o2)cn1. The van der Waals surface area contributed by atoms with E-state index in [1.54, 1.807) is 29.3 Å². The molecule has 10 heteroatoms. The lowest BCUT2D eigenvalue weighted by atomic mass is 10.1. The van der Waals surface area contributed by atoms with Gasteiger partial charge in [0.2, 0.25) is 21.8 Å². The fourth-order valence-electron chi connectivity index (χ4n) is 3.20. The zero-order valence-electron chi connectivity index (χ0n) is 14.9. The lowest BCUT2D eigenvalue weighted by molar-refractivity contribution is 0.220. The summed E-state index contributed by atoms with van der Waals surface area (Å²) in [5.74, 6) is 0.639. The molecule has 0 saturated carbocycles. The first-order valence-electron chi connectivity index (χ1n) is 8.87. The standard InChI is InChI=1S/C17H20N6O3S/c1-2-22-12-14(11-19-22)27(24,25)23-9-4-3-7-15(23)17-21-20-16(26-17)13-6-5-8-18-10-13/h5-6,8,10-12,15H,2-4,7,9H2,1H3/t15-/m0/s1. The second-order valence-electron chi connectivity index (χ2n) is 6.35. The van der Waals surface area contributed by atoms with Gasteiger partial charge in [-0.05, 0) is 31.9 Å². The molecule has 4 heterocycles. The van der Waals surface area contributed by atoms with Crippen LogP contribution in [0.1, 0.15) is 38.1 Å². The molecule has 0 N–H and O–H groups in total. The third kappa shape index (κ3) is 3.37. The zero-order chi connectivity index (χ0) is 18.9. The molecule has 1 saturated heterocycles. The van der Waals surface area contributed by atoms with Crippen molar-refractivity contribution in [2.75, 3.05) is 6.54 Å². The molecule has 0 radical (unpaired) electrons. The molecule has 3 aromatic heterocycles. The molecule has 1 fully saturated rings. The fourth-order valence-corrected chi connectivity index (χ4v) is 4.81. The van der Waals surface area contributed by atoms with E-state index in [-0.39, 0.29) is 4.90 Å². The van der Waals surface area contributed by atoms with E-state index in [4.69, 9.17) is 4.42 Å². The van der Waals surface area contributed by atoms with Gasteiger partial charge in [-0.2, -0.15) is 9.40 Å². The minimum Gasteiger partial charge on any atom is -0.419 e. The van der Waals surface area contributed by atoms with Gasteiger partial charge in [-0.15, -0.1) is 10.2 Å². The Morgan fingerprint density at radius 3 is 2.89 bits per heavy atom. The summed E-state index contributed by atoms with van der Waals surface area (Å²) in [4.78, 5) is 4.23. The molecule has 3 aromatic rings. The summed E-state index contributed by atoms with van der Waals surface area (Å²) in [6.07, 6.45) is 8.56. The quantitative estimate of drug-likeness (QED) is 0.660. The predicted molar refractivity (Wildman–Crippen MR) is 95.9 cm³/mol. The first kappa shape index (κ1) is 17.8. The molecule has 1 aliphatic rings. The van der Waals surface area contributed by atoms with Gasteiger partial charge in [0.05, 0.1) is 11.8 Å². The zero-order valence-corrected chi connectivity index (χ0v) is 15.7. The van der Waals surface area contributed by atoms with Crippen LogP contribution < -0.4 is 0 Å². The van der Waals surface area contributed by atoms with E-state index in [0.717, 1.165) is 12.8 Å². The maximum Gasteiger partial charge on any atom is 0.249 e. The normalized spacial score (nSPS) is 18.6. The monoisotopic (exact) mass is 388 g/mol. The van der Waals surface area contributed by atoms with Crippen molar-refractivity contribution in [3.05, 3.63) is 42.8 Å². The topological polar surface area (TPSA) is 107 Å². The fraction of sp³-hybridized carbons (Fsp3) is 0.412. The van der Waals surface area contributed by atoms with Crippen molar-refractivity contribution in [2.24, 2.45) is 0 Å². The maximum atomic E-state index is 13.1. The minimum atomic E-state index is -3.69. The van der Waals surface area contributed by atoms with Crippen LogP contribution in [0.2, 0.25) is 0 Å². The van der Waals surface area contributed by atoms with Crippen LogP contribution in [0.3, 0.4) is 0 Å². The molecule has 27 heavy (non-hydrogen) atoms. The van der Waals surface area contributed by atoms with Crippen molar-refractivity contribution in [2.45, 2.75) is 43.7 Å². The van der Waals surface area contributed by atoms with Gasteiger partial charge in [-0.1, -0.05) is 6.42 Å². The highest BCUT2D eigenvalue weighted by atomic mass is 32.2. The summed E-state index contributed by atoms with van der Waals surface area (Å²) < 4.78 is 35.2. The molecular formula is C17H20N6O3S. The summed E-state index contributed by atoms with van der Waals surface area (Å²) in [6.45, 7) is 2.93. The Kier molecular flexibility index (Phi) is 4.75. The molecule has 4 rings (SSSR count). The van der Waals surface area contributed by atoms with Crippen LogP contribution >= 0.6 is 0 Å². The summed E-state index contributed by atoms with van der Waals surface area (Å²) in [7, 11) is -3.69. The minimum absolute atomic E-state index is 0.184. The second-order valence-corrected chi connectivity index (χ2v) is 8.24. The van der Waals surface area contributed by atoms with Crippen LogP contribution in [0, 0.1) is 0 Å². The third-order valence-electron chi connectivity index (χ3n) is 4.63. The number of piperidine rings is 1. The van der Waals surface area contributed by atoms with Crippen LogP contribution in [-0.2, 0) is 16.6 Å². The summed E-state index contributed by atoms with van der Waals surface area (Å²) in [5.41, 5.74) is 0.700. The Labute approximate surface area is 157 Å². The average molecular weight is 388 g/mol. The maximum absolute atomic E-state index is 13.1. The highest BCUT2D eigenvalue weighted by Crippen LogP contribution is 2.35. The van der Waals surface area contributed by atoms with Gasteiger partial charge in [-0.25, -0.2) is 8.42 Å². The van der Waals surface area contributed by atoms with Crippen LogP contribution in [0.4, 0.5) is 0 Å². The molecular weight excluding hydrogens is 368 g/mol. The van der Waals surface area contributed by atoms with E-state index in [0.29, 0.717) is 36.9 Å². The van der Waals surface area contributed by atoms with E-state index in [2.05, 4.69) is 20.3 Å². The number of hydrogen-bond acceptors (Lipinski definition) is 7. The molecule has 0 amide bonds. The first-order chi connectivity index (χ1) is 13.1. The lowest BCUT2D eigenvalue weighted by Gasteiger charge is -2.31. The number of hydrogen-bond donors (Lipinski definition) is 0. The Hall–Kier alpha value is -2.59. The molecule has 1 atom stereocenters. The Bertz CT molecular complexity index is 1010. The molecule has 0 unspecified atom stereocenters. The van der Waals surface area contributed by atoms with Gasteiger partial charge in [0.25, 0.3) is 0 Å². The van der Waals surface area contributed by atoms with Gasteiger partial charge in [0, 0.05) is 31.7 Å². The number of rotatable bonds is 5. The number of pyridine rings is 1. The van der Waals surface area contributed by atoms with Gasteiger partial charge in [0.15, 0.2) is 0 Å². The van der Waals surface area contributed by atoms with Crippen molar-refractivity contribution in [3.63, 3.8) is 0 Å². The van der Waals surface area contributed by atoms with Crippen molar-refractivity contribution in [1.82, 2.24) is 29.3 Å². The third-order valence-corrected chi connectivity index (χ3v) is 6.49.